The number of nitrogens with one attached hydrogen (secondary N) is 1. The quantitative estimate of drug-likeness (QED) is 0.822. The van der Waals surface area contributed by atoms with Crippen LogP contribution in [0.15, 0.2) is 40.9 Å². The highest BCUT2D eigenvalue weighted by Gasteiger charge is 2.38. The summed E-state index contributed by atoms with van der Waals surface area (Å²) in [6, 6.07) is 12.1. The van der Waals surface area contributed by atoms with Crippen molar-refractivity contribution in [1.29, 1.82) is 0 Å². The maximum atomic E-state index is 12.7. The fraction of sp³-hybridized carbons (Fsp3) is 0.353. The van der Waals surface area contributed by atoms with Crippen molar-refractivity contribution in [2.45, 2.75) is 0 Å². The van der Waals surface area contributed by atoms with Crippen molar-refractivity contribution in [3.8, 4) is 0 Å². The number of carbonyl (C=O) groups excluding carboxylic acids is 1. The smallest absolute Gasteiger partial charge is 0.253 e. The SMILES string of the molecule is Cl.O=C(c1ccc2cc(Br)ccc2c1)N1C[C@H]2CNC[C@H]2C1. The number of rotatable bonds is 1. The highest BCUT2D eigenvalue weighted by atomic mass is 79.9. The van der Waals surface area contributed by atoms with Crippen molar-refractivity contribution in [3.63, 3.8) is 0 Å². The molecule has 4 rings (SSSR count). The average molecular weight is 382 g/mol. The second-order valence-electron chi connectivity index (χ2n) is 6.09. The summed E-state index contributed by atoms with van der Waals surface area (Å²) in [6.07, 6.45) is 0. The largest absolute Gasteiger partial charge is 0.338 e. The van der Waals surface area contributed by atoms with Crippen LogP contribution in [-0.2, 0) is 0 Å². The van der Waals surface area contributed by atoms with Gasteiger partial charge in [0, 0.05) is 36.2 Å². The molecule has 3 nitrogen and oxygen atoms in total. The van der Waals surface area contributed by atoms with Gasteiger partial charge in [-0.1, -0.05) is 28.1 Å². The van der Waals surface area contributed by atoms with Gasteiger partial charge >= 0.3 is 0 Å². The first-order valence-corrected chi connectivity index (χ1v) is 8.19. The molecule has 0 bridgehead atoms. The van der Waals surface area contributed by atoms with Gasteiger partial charge in [0.1, 0.15) is 0 Å². The van der Waals surface area contributed by atoms with Gasteiger partial charge in [-0.05, 0) is 46.9 Å². The Hall–Kier alpha value is -1.10. The number of hydrogen-bond donors (Lipinski definition) is 1. The molecule has 116 valence electrons. The molecule has 1 N–H and O–H groups in total. The minimum Gasteiger partial charge on any atom is -0.338 e. The molecular formula is C17H18BrClN2O. The van der Waals surface area contributed by atoms with Gasteiger partial charge in [0.05, 0.1) is 0 Å². The van der Waals surface area contributed by atoms with Gasteiger partial charge in [-0.25, -0.2) is 0 Å². The van der Waals surface area contributed by atoms with Crippen molar-refractivity contribution in [2.75, 3.05) is 26.2 Å². The molecule has 2 aliphatic rings. The summed E-state index contributed by atoms with van der Waals surface area (Å²) in [6.45, 7) is 3.91. The van der Waals surface area contributed by atoms with Crippen molar-refractivity contribution in [2.24, 2.45) is 11.8 Å². The Labute approximate surface area is 144 Å². The predicted octanol–water partition coefficient (Wildman–Crippen LogP) is 3.32. The third-order valence-corrected chi connectivity index (χ3v) is 5.22. The fourth-order valence-electron chi connectivity index (χ4n) is 3.55. The van der Waals surface area contributed by atoms with Crippen molar-refractivity contribution < 1.29 is 4.79 Å². The lowest BCUT2D eigenvalue weighted by Gasteiger charge is -2.17. The first kappa shape index (κ1) is 15.8. The van der Waals surface area contributed by atoms with Gasteiger partial charge in [-0.2, -0.15) is 0 Å². The predicted molar refractivity (Wildman–Crippen MR) is 94.6 cm³/mol. The summed E-state index contributed by atoms with van der Waals surface area (Å²) < 4.78 is 1.06. The minimum atomic E-state index is 0. The van der Waals surface area contributed by atoms with E-state index in [2.05, 4.69) is 33.4 Å². The summed E-state index contributed by atoms with van der Waals surface area (Å²) >= 11 is 3.48. The topological polar surface area (TPSA) is 32.3 Å². The van der Waals surface area contributed by atoms with Crippen LogP contribution >= 0.6 is 28.3 Å². The maximum Gasteiger partial charge on any atom is 0.253 e. The molecule has 2 aromatic carbocycles. The number of amides is 1. The first-order chi connectivity index (χ1) is 10.2. The van der Waals surface area contributed by atoms with E-state index in [-0.39, 0.29) is 18.3 Å². The van der Waals surface area contributed by atoms with Crippen LogP contribution in [0.1, 0.15) is 10.4 Å². The van der Waals surface area contributed by atoms with E-state index < -0.39 is 0 Å². The number of benzene rings is 2. The Balaban J connectivity index is 0.00000144. The van der Waals surface area contributed by atoms with Crippen molar-refractivity contribution in [1.82, 2.24) is 10.2 Å². The molecule has 0 spiro atoms. The van der Waals surface area contributed by atoms with Crippen LogP contribution in [-0.4, -0.2) is 37.0 Å². The molecule has 0 saturated carbocycles. The van der Waals surface area contributed by atoms with Crippen molar-refractivity contribution >= 4 is 45.0 Å². The molecule has 2 aromatic rings. The fourth-order valence-corrected chi connectivity index (χ4v) is 3.93. The van der Waals surface area contributed by atoms with Crippen LogP contribution in [0.5, 0.6) is 0 Å². The van der Waals surface area contributed by atoms with Gasteiger partial charge < -0.3 is 10.2 Å². The van der Waals surface area contributed by atoms with Crippen LogP contribution < -0.4 is 5.32 Å². The second kappa shape index (κ2) is 6.19. The Kier molecular flexibility index (Phi) is 4.44. The van der Waals surface area contributed by atoms with Gasteiger partial charge in [0.2, 0.25) is 0 Å². The summed E-state index contributed by atoms with van der Waals surface area (Å²) in [5.74, 6) is 1.46. The van der Waals surface area contributed by atoms with Crippen LogP contribution in [0.2, 0.25) is 0 Å². The number of halogens is 2. The van der Waals surface area contributed by atoms with Gasteiger partial charge in [0.25, 0.3) is 5.91 Å². The summed E-state index contributed by atoms with van der Waals surface area (Å²) in [7, 11) is 0. The number of hydrogen-bond acceptors (Lipinski definition) is 2. The first-order valence-electron chi connectivity index (χ1n) is 7.40. The Bertz CT molecular complexity index is 709. The molecule has 0 aromatic heterocycles. The van der Waals surface area contributed by atoms with E-state index in [0.717, 1.165) is 47.0 Å². The highest BCUT2D eigenvalue weighted by molar-refractivity contribution is 9.10. The van der Waals surface area contributed by atoms with E-state index in [1.165, 1.54) is 0 Å². The third-order valence-electron chi connectivity index (χ3n) is 4.73. The highest BCUT2D eigenvalue weighted by Crippen LogP contribution is 2.28. The average Bonchev–Trinajstić information content (AvgIpc) is 3.07. The second-order valence-corrected chi connectivity index (χ2v) is 7.01. The molecule has 0 radical (unpaired) electrons. The lowest BCUT2D eigenvalue weighted by molar-refractivity contribution is 0.0782. The van der Waals surface area contributed by atoms with Gasteiger partial charge in [0.15, 0.2) is 0 Å². The number of nitrogens with zero attached hydrogens (tertiary/aromatic N) is 1. The zero-order valence-electron chi connectivity index (χ0n) is 12.1. The molecule has 22 heavy (non-hydrogen) atoms. The molecule has 2 heterocycles. The van der Waals surface area contributed by atoms with E-state index >= 15 is 0 Å². The van der Waals surface area contributed by atoms with Crippen LogP contribution in [0.3, 0.4) is 0 Å². The monoisotopic (exact) mass is 380 g/mol. The molecule has 0 aliphatic carbocycles. The van der Waals surface area contributed by atoms with E-state index in [1.54, 1.807) is 0 Å². The van der Waals surface area contributed by atoms with E-state index in [1.807, 2.05) is 29.2 Å². The maximum absolute atomic E-state index is 12.7. The van der Waals surface area contributed by atoms with Crippen LogP contribution in [0.25, 0.3) is 10.8 Å². The molecule has 2 fully saturated rings. The Morgan fingerprint density at radius 1 is 1.05 bits per heavy atom. The van der Waals surface area contributed by atoms with E-state index in [9.17, 15) is 4.79 Å². The van der Waals surface area contributed by atoms with E-state index in [4.69, 9.17) is 0 Å². The molecular weight excluding hydrogens is 364 g/mol. The summed E-state index contributed by atoms with van der Waals surface area (Å²) in [5, 5.41) is 5.68. The Morgan fingerprint density at radius 3 is 2.41 bits per heavy atom. The number of likely N-dealkylation sites (tertiary alicyclic amines) is 1. The van der Waals surface area contributed by atoms with Crippen LogP contribution in [0, 0.1) is 11.8 Å². The number of carbonyl (C=O) groups is 1. The zero-order chi connectivity index (χ0) is 14.4. The van der Waals surface area contributed by atoms with E-state index in [0.29, 0.717) is 11.8 Å². The standard InChI is InChI=1S/C17H17BrN2O.ClH/c18-16-4-3-11-5-13(2-1-12(11)6-16)17(21)20-9-14-7-19-8-15(14)10-20;/h1-6,14-15,19H,7-10H2;1H/t14-,15+;. The Morgan fingerprint density at radius 2 is 1.68 bits per heavy atom. The lowest BCUT2D eigenvalue weighted by Crippen LogP contribution is -2.31. The summed E-state index contributed by atoms with van der Waals surface area (Å²) in [4.78, 5) is 14.7. The molecule has 2 atom stereocenters. The van der Waals surface area contributed by atoms with Gasteiger partial charge in [-0.15, -0.1) is 12.4 Å². The minimum absolute atomic E-state index is 0. The summed E-state index contributed by atoms with van der Waals surface area (Å²) in [5.41, 5.74) is 0.803. The molecule has 2 aliphatic heterocycles. The lowest BCUT2D eigenvalue weighted by atomic mass is 10.0. The zero-order valence-corrected chi connectivity index (χ0v) is 14.5. The molecule has 2 saturated heterocycles. The number of fused-ring (bicyclic) bond motifs is 2. The van der Waals surface area contributed by atoms with Gasteiger partial charge in [-0.3, -0.25) is 4.79 Å². The molecule has 5 heteroatoms. The van der Waals surface area contributed by atoms with Crippen molar-refractivity contribution in [3.05, 3.63) is 46.4 Å². The van der Waals surface area contributed by atoms with Crippen LogP contribution in [0.4, 0.5) is 0 Å². The normalized spacial score (nSPS) is 23.4. The third kappa shape index (κ3) is 2.75. The molecule has 1 amide bonds. The molecule has 0 unspecified atom stereocenters.